The maximum atomic E-state index is 13.3. The Morgan fingerprint density at radius 3 is 2.51 bits per heavy atom. The Labute approximate surface area is 219 Å². The highest BCUT2D eigenvalue weighted by molar-refractivity contribution is 6.56. The molecule has 1 saturated heterocycles. The van der Waals surface area contributed by atoms with E-state index in [-0.39, 0.29) is 24.1 Å². The summed E-state index contributed by atoms with van der Waals surface area (Å²) in [5.41, 5.74) is 1.62. The van der Waals surface area contributed by atoms with Gasteiger partial charge in [-0.15, -0.1) is 0 Å². The molecule has 1 aliphatic heterocycles. The van der Waals surface area contributed by atoms with Crippen molar-refractivity contribution in [1.29, 1.82) is 0 Å². The summed E-state index contributed by atoms with van der Waals surface area (Å²) in [4.78, 5) is 45.0. The quantitative estimate of drug-likeness (QED) is 0.444. The van der Waals surface area contributed by atoms with E-state index in [1.807, 2.05) is 56.1 Å². The Hall–Kier alpha value is -3.24. The van der Waals surface area contributed by atoms with Gasteiger partial charge in [0.15, 0.2) is 0 Å². The Bertz CT molecular complexity index is 1070. The number of pyridine rings is 1. The molecular weight excluding hydrogens is 471 g/mol. The number of aromatic nitrogens is 1. The summed E-state index contributed by atoms with van der Waals surface area (Å²) in [5.74, 6) is -1.66. The molecule has 0 bridgehead atoms. The molecule has 0 spiro atoms. The first-order valence-electron chi connectivity index (χ1n) is 12.8. The van der Waals surface area contributed by atoms with Gasteiger partial charge in [-0.3, -0.25) is 19.3 Å². The van der Waals surface area contributed by atoms with Gasteiger partial charge in [-0.25, -0.2) is 4.98 Å². The highest BCUT2D eigenvalue weighted by Crippen LogP contribution is 2.18. The van der Waals surface area contributed by atoms with E-state index in [0.29, 0.717) is 18.4 Å². The van der Waals surface area contributed by atoms with Crippen LogP contribution in [0.25, 0.3) is 11.3 Å². The van der Waals surface area contributed by atoms with Gasteiger partial charge >= 0.3 is 12.9 Å². The van der Waals surface area contributed by atoms with Crippen molar-refractivity contribution < 1.29 is 24.1 Å². The van der Waals surface area contributed by atoms with E-state index in [1.165, 1.54) is 6.92 Å². The van der Waals surface area contributed by atoms with Crippen LogP contribution >= 0.6 is 0 Å². The average molecular weight is 508 g/mol. The lowest BCUT2D eigenvalue weighted by atomic mass is 9.54. The molecule has 1 aromatic carbocycles. The van der Waals surface area contributed by atoms with Crippen molar-refractivity contribution in [2.24, 2.45) is 5.92 Å². The van der Waals surface area contributed by atoms with Crippen LogP contribution in [0, 0.1) is 5.92 Å². The van der Waals surface area contributed by atoms with Crippen LogP contribution < -0.4 is 10.6 Å². The van der Waals surface area contributed by atoms with Crippen LogP contribution in [-0.2, 0) is 14.2 Å². The van der Waals surface area contributed by atoms with Crippen LogP contribution in [0.3, 0.4) is 0 Å². The van der Waals surface area contributed by atoms with Crippen molar-refractivity contribution in [1.82, 2.24) is 20.5 Å². The number of nitrogens with one attached hydrogen (secondary N) is 2. The van der Waals surface area contributed by atoms with Gasteiger partial charge in [-0.1, -0.05) is 50.2 Å². The molecular formula is C27H37BN4O5. The van der Waals surface area contributed by atoms with Gasteiger partial charge in [-0.2, -0.15) is 0 Å². The molecule has 9 nitrogen and oxygen atoms in total. The van der Waals surface area contributed by atoms with E-state index < -0.39 is 36.8 Å². The minimum atomic E-state index is -1.21. The molecule has 1 aromatic heterocycles. The Morgan fingerprint density at radius 1 is 1.11 bits per heavy atom. The highest BCUT2D eigenvalue weighted by atomic mass is 16.5. The molecule has 3 atom stereocenters. The third-order valence-electron chi connectivity index (χ3n) is 6.31. The van der Waals surface area contributed by atoms with Crippen LogP contribution in [-0.4, -0.2) is 77.9 Å². The maximum Gasteiger partial charge on any atom is 0.384 e. The number of amides is 2. The topological polar surface area (TPSA) is 121 Å². The van der Waals surface area contributed by atoms with Gasteiger partial charge in [0.25, 0.3) is 5.91 Å². The average Bonchev–Trinajstić information content (AvgIpc) is 2.85. The first-order valence-corrected chi connectivity index (χ1v) is 12.8. The van der Waals surface area contributed by atoms with E-state index in [0.717, 1.165) is 18.5 Å². The predicted molar refractivity (Wildman–Crippen MR) is 143 cm³/mol. The largest absolute Gasteiger partial charge is 0.533 e. The summed E-state index contributed by atoms with van der Waals surface area (Å²) in [6, 6.07) is 13.3. The standard InChI is InChI=1S/C27H37BN4O5/c1-18(2)16-23(28-14-9-15-32(4)17-24(34)37-28)30-27(36)25(19(3)33)31-26(35)22-13-8-12-21(29-22)20-10-6-5-7-11-20/h5-8,10-13,18-19,23,25,33H,9,14-17H2,1-4H3,(H,30,36)(H,31,35)/t19-,23+,25?/m1/s1. The normalized spacial score (nSPS) is 17.2. The van der Waals surface area contributed by atoms with Gasteiger partial charge in [0.1, 0.15) is 11.7 Å². The van der Waals surface area contributed by atoms with Crippen LogP contribution in [0.5, 0.6) is 0 Å². The number of benzene rings is 1. The minimum absolute atomic E-state index is 0.136. The van der Waals surface area contributed by atoms with Crippen molar-refractivity contribution in [2.75, 3.05) is 20.1 Å². The van der Waals surface area contributed by atoms with E-state index in [9.17, 15) is 19.5 Å². The molecule has 2 heterocycles. The van der Waals surface area contributed by atoms with Gasteiger partial charge < -0.3 is 20.4 Å². The molecule has 1 fully saturated rings. The number of hydrogen-bond acceptors (Lipinski definition) is 7. The lowest BCUT2D eigenvalue weighted by Crippen LogP contribution is -2.58. The molecule has 0 radical (unpaired) electrons. The second kappa shape index (κ2) is 13.3. The fraction of sp³-hybridized carbons (Fsp3) is 0.481. The zero-order chi connectivity index (χ0) is 26.9. The minimum Gasteiger partial charge on any atom is -0.533 e. The van der Waals surface area contributed by atoms with E-state index >= 15 is 0 Å². The van der Waals surface area contributed by atoms with Gasteiger partial charge in [0.2, 0.25) is 5.91 Å². The third kappa shape index (κ3) is 8.40. The van der Waals surface area contributed by atoms with Crippen molar-refractivity contribution in [3.63, 3.8) is 0 Å². The lowest BCUT2D eigenvalue weighted by Gasteiger charge is -2.31. The van der Waals surface area contributed by atoms with Gasteiger partial charge in [-0.05, 0) is 57.7 Å². The molecule has 198 valence electrons. The molecule has 3 rings (SSSR count). The highest BCUT2D eigenvalue weighted by Gasteiger charge is 2.36. The molecule has 1 unspecified atom stereocenters. The molecule has 10 heteroatoms. The van der Waals surface area contributed by atoms with Crippen LogP contribution in [0.1, 0.15) is 44.1 Å². The number of carbonyl (C=O) groups excluding carboxylic acids is 3. The van der Waals surface area contributed by atoms with Crippen LogP contribution in [0.4, 0.5) is 0 Å². The van der Waals surface area contributed by atoms with Crippen molar-refractivity contribution in [2.45, 2.75) is 58.0 Å². The van der Waals surface area contributed by atoms with Crippen LogP contribution in [0.2, 0.25) is 6.32 Å². The maximum absolute atomic E-state index is 13.3. The summed E-state index contributed by atoms with van der Waals surface area (Å²) < 4.78 is 5.72. The van der Waals surface area contributed by atoms with Gasteiger partial charge in [0, 0.05) is 11.5 Å². The number of hydrogen-bond donors (Lipinski definition) is 3. The number of carbonyl (C=O) groups is 3. The van der Waals surface area contributed by atoms with Crippen molar-refractivity contribution in [3.8, 4) is 11.3 Å². The van der Waals surface area contributed by atoms with Crippen LogP contribution in [0.15, 0.2) is 48.5 Å². The second-order valence-electron chi connectivity index (χ2n) is 10.1. The SMILES string of the molecule is CC(C)C[C@H](NC(=O)C(NC(=O)c1cccc(-c2ccccc2)n1)[C@@H](C)O)B1CCCN(C)CC(=O)O1. The van der Waals surface area contributed by atoms with E-state index in [1.54, 1.807) is 18.2 Å². The molecule has 0 aliphatic carbocycles. The number of aliphatic hydroxyl groups excluding tert-OH is 1. The summed E-state index contributed by atoms with van der Waals surface area (Å²) in [6.45, 7) is 5.97. The van der Waals surface area contributed by atoms with Crippen molar-refractivity contribution >= 4 is 24.7 Å². The molecule has 1 aliphatic rings. The number of nitrogens with zero attached hydrogens (tertiary/aromatic N) is 2. The van der Waals surface area contributed by atoms with Crippen molar-refractivity contribution in [3.05, 3.63) is 54.2 Å². The van der Waals surface area contributed by atoms with E-state index in [4.69, 9.17) is 4.65 Å². The summed E-state index contributed by atoms with van der Waals surface area (Å²) in [5, 5.41) is 16.0. The third-order valence-corrected chi connectivity index (χ3v) is 6.31. The summed E-state index contributed by atoms with van der Waals surface area (Å²) in [6.07, 6.45) is 0.851. The Balaban J connectivity index is 1.73. The zero-order valence-electron chi connectivity index (χ0n) is 22.0. The smallest absolute Gasteiger partial charge is 0.384 e. The Morgan fingerprint density at radius 2 is 1.84 bits per heavy atom. The summed E-state index contributed by atoms with van der Waals surface area (Å²) in [7, 11) is 1.87. The molecule has 0 saturated carbocycles. The number of rotatable bonds is 9. The molecule has 2 aromatic rings. The molecule has 2 amide bonds. The lowest BCUT2D eigenvalue weighted by molar-refractivity contribution is -0.136. The van der Waals surface area contributed by atoms with Gasteiger partial charge in [0.05, 0.1) is 18.3 Å². The summed E-state index contributed by atoms with van der Waals surface area (Å²) >= 11 is 0. The number of likely N-dealkylation sites (N-methyl/N-ethyl adjacent to an activating group) is 1. The molecule has 37 heavy (non-hydrogen) atoms. The Kier molecular flexibility index (Phi) is 10.2. The zero-order valence-corrected chi connectivity index (χ0v) is 22.0. The monoisotopic (exact) mass is 508 g/mol. The second-order valence-corrected chi connectivity index (χ2v) is 10.1. The molecule has 3 N–H and O–H groups in total. The fourth-order valence-electron chi connectivity index (χ4n) is 4.45. The van der Waals surface area contributed by atoms with E-state index in [2.05, 4.69) is 15.6 Å². The number of aliphatic hydroxyl groups is 1. The predicted octanol–water partition coefficient (Wildman–Crippen LogP) is 2.17. The first-order chi connectivity index (χ1) is 17.6. The fourth-order valence-corrected chi connectivity index (χ4v) is 4.45. The first kappa shape index (κ1) is 28.3.